The van der Waals surface area contributed by atoms with E-state index in [-0.39, 0.29) is 11.7 Å². The van der Waals surface area contributed by atoms with E-state index < -0.39 is 0 Å². The number of benzene rings is 2. The van der Waals surface area contributed by atoms with Gasteiger partial charge in [-0.25, -0.2) is 4.39 Å². The SMILES string of the molecule is O=C(Nc1ccc(F)cc1)c1sccc1SCc1c(Cl)cccc1Cl. The summed E-state index contributed by atoms with van der Waals surface area (Å²) in [4.78, 5) is 13.9. The fourth-order valence-corrected chi connectivity index (χ4v) is 4.90. The van der Waals surface area contributed by atoms with Crippen molar-refractivity contribution in [1.29, 1.82) is 0 Å². The van der Waals surface area contributed by atoms with Crippen LogP contribution in [-0.2, 0) is 5.75 Å². The second-order valence-electron chi connectivity index (χ2n) is 5.06. The fraction of sp³-hybridized carbons (Fsp3) is 0.0556. The predicted octanol–water partition coefficient (Wildman–Crippen LogP) is 6.74. The highest BCUT2D eigenvalue weighted by Gasteiger charge is 2.15. The number of nitrogens with one attached hydrogen (secondary N) is 1. The Hall–Kier alpha value is -1.53. The fourth-order valence-electron chi connectivity index (χ4n) is 2.12. The highest BCUT2D eigenvalue weighted by Crippen LogP contribution is 2.35. The van der Waals surface area contributed by atoms with Crippen LogP contribution in [0, 0.1) is 5.82 Å². The van der Waals surface area contributed by atoms with Gasteiger partial charge < -0.3 is 5.32 Å². The van der Waals surface area contributed by atoms with Crippen LogP contribution in [0.5, 0.6) is 0 Å². The topological polar surface area (TPSA) is 29.1 Å². The van der Waals surface area contributed by atoms with Gasteiger partial charge in [-0.3, -0.25) is 4.79 Å². The molecular weight excluding hydrogens is 400 g/mol. The quantitative estimate of drug-likeness (QED) is 0.470. The summed E-state index contributed by atoms with van der Waals surface area (Å²) in [5.74, 6) is -0.0112. The van der Waals surface area contributed by atoms with E-state index in [1.54, 1.807) is 18.2 Å². The summed E-state index contributed by atoms with van der Waals surface area (Å²) in [6.45, 7) is 0. The standard InChI is InChI=1S/C18H12Cl2FNOS2/c19-14-2-1-3-15(20)13(14)10-25-16-8-9-24-17(16)18(23)22-12-6-4-11(21)5-7-12/h1-9H,10H2,(H,22,23). The summed E-state index contributed by atoms with van der Waals surface area (Å²) >= 11 is 15.2. The molecule has 0 atom stereocenters. The van der Waals surface area contributed by atoms with Crippen LogP contribution in [0.2, 0.25) is 10.0 Å². The van der Waals surface area contributed by atoms with Gasteiger partial charge in [0, 0.05) is 26.4 Å². The van der Waals surface area contributed by atoms with E-state index in [1.165, 1.54) is 47.4 Å². The normalized spacial score (nSPS) is 10.7. The molecule has 1 heterocycles. The van der Waals surface area contributed by atoms with E-state index in [2.05, 4.69) is 5.32 Å². The Morgan fingerprint density at radius 2 is 1.76 bits per heavy atom. The maximum absolute atomic E-state index is 13.0. The average Bonchev–Trinajstić information content (AvgIpc) is 3.05. The lowest BCUT2D eigenvalue weighted by Crippen LogP contribution is -2.11. The molecular formula is C18H12Cl2FNOS2. The molecule has 3 rings (SSSR count). The van der Waals surface area contributed by atoms with Gasteiger partial charge >= 0.3 is 0 Å². The van der Waals surface area contributed by atoms with Crippen LogP contribution in [0.4, 0.5) is 10.1 Å². The lowest BCUT2D eigenvalue weighted by atomic mass is 10.2. The first-order chi connectivity index (χ1) is 12.0. The minimum absolute atomic E-state index is 0.227. The van der Waals surface area contributed by atoms with Crippen LogP contribution in [0.15, 0.2) is 58.8 Å². The van der Waals surface area contributed by atoms with Crippen LogP contribution in [-0.4, -0.2) is 5.91 Å². The number of hydrogen-bond acceptors (Lipinski definition) is 3. The van der Waals surface area contributed by atoms with Crippen LogP contribution in [0.25, 0.3) is 0 Å². The lowest BCUT2D eigenvalue weighted by molar-refractivity contribution is 0.102. The van der Waals surface area contributed by atoms with Gasteiger partial charge in [0.15, 0.2) is 0 Å². The third kappa shape index (κ3) is 4.55. The molecule has 7 heteroatoms. The van der Waals surface area contributed by atoms with Crippen LogP contribution in [0.3, 0.4) is 0 Å². The van der Waals surface area contributed by atoms with E-state index in [4.69, 9.17) is 23.2 Å². The van der Waals surface area contributed by atoms with Crippen LogP contribution in [0.1, 0.15) is 15.2 Å². The van der Waals surface area contributed by atoms with Gasteiger partial charge in [0.05, 0.1) is 0 Å². The summed E-state index contributed by atoms with van der Waals surface area (Å²) in [6, 6.07) is 12.9. The molecule has 1 N–H and O–H groups in total. The average molecular weight is 412 g/mol. The van der Waals surface area contributed by atoms with Gasteiger partial charge in [0.1, 0.15) is 10.7 Å². The Balaban J connectivity index is 1.72. The van der Waals surface area contributed by atoms with Crippen molar-refractivity contribution in [1.82, 2.24) is 0 Å². The van der Waals surface area contributed by atoms with Crippen molar-refractivity contribution in [2.24, 2.45) is 0 Å². The zero-order valence-electron chi connectivity index (χ0n) is 12.8. The monoisotopic (exact) mass is 411 g/mol. The van der Waals surface area contributed by atoms with E-state index in [1.807, 2.05) is 11.4 Å². The predicted molar refractivity (Wildman–Crippen MR) is 105 cm³/mol. The second kappa shape index (κ2) is 8.23. The maximum Gasteiger partial charge on any atom is 0.266 e. The summed E-state index contributed by atoms with van der Waals surface area (Å²) in [5, 5.41) is 5.84. The summed E-state index contributed by atoms with van der Waals surface area (Å²) in [5.41, 5.74) is 1.39. The van der Waals surface area contributed by atoms with Crippen molar-refractivity contribution >= 4 is 57.9 Å². The molecule has 0 fully saturated rings. The summed E-state index contributed by atoms with van der Waals surface area (Å²) in [7, 11) is 0. The van der Waals surface area contributed by atoms with Crippen LogP contribution < -0.4 is 5.32 Å². The molecule has 0 aliphatic rings. The number of halogens is 3. The van der Waals surface area contributed by atoms with E-state index in [0.29, 0.717) is 26.4 Å². The van der Waals surface area contributed by atoms with Crippen molar-refractivity contribution in [3.63, 3.8) is 0 Å². The Labute approximate surface area is 163 Å². The molecule has 0 spiro atoms. The first kappa shape index (κ1) is 18.3. The van der Waals surface area contributed by atoms with Gasteiger partial charge in [-0.15, -0.1) is 23.1 Å². The number of anilines is 1. The number of rotatable bonds is 5. The van der Waals surface area contributed by atoms with Crippen LogP contribution >= 0.6 is 46.3 Å². The molecule has 0 radical (unpaired) electrons. The molecule has 0 saturated carbocycles. The second-order valence-corrected chi connectivity index (χ2v) is 7.81. The molecule has 0 aliphatic heterocycles. The van der Waals surface area contributed by atoms with Crippen molar-refractivity contribution in [3.8, 4) is 0 Å². The third-order valence-electron chi connectivity index (χ3n) is 3.37. The smallest absolute Gasteiger partial charge is 0.266 e. The number of carbonyl (C=O) groups excluding carboxylic acids is 1. The third-order valence-corrected chi connectivity index (χ3v) is 6.21. The lowest BCUT2D eigenvalue weighted by Gasteiger charge is -2.08. The molecule has 2 aromatic carbocycles. The largest absolute Gasteiger partial charge is 0.321 e. The Bertz CT molecular complexity index is 876. The van der Waals surface area contributed by atoms with Crippen molar-refractivity contribution in [2.45, 2.75) is 10.6 Å². The number of carbonyl (C=O) groups is 1. The molecule has 0 unspecified atom stereocenters. The van der Waals surface area contributed by atoms with Crippen molar-refractivity contribution in [2.75, 3.05) is 5.32 Å². The Morgan fingerprint density at radius 1 is 1.08 bits per heavy atom. The van der Waals surface area contributed by atoms with E-state index in [0.717, 1.165) is 10.5 Å². The molecule has 1 amide bonds. The highest BCUT2D eigenvalue weighted by molar-refractivity contribution is 7.98. The summed E-state index contributed by atoms with van der Waals surface area (Å²) in [6.07, 6.45) is 0. The first-order valence-electron chi connectivity index (χ1n) is 7.24. The van der Waals surface area contributed by atoms with Gasteiger partial charge in [-0.2, -0.15) is 0 Å². The van der Waals surface area contributed by atoms with Gasteiger partial charge in [0.2, 0.25) is 0 Å². The molecule has 0 aliphatic carbocycles. The molecule has 25 heavy (non-hydrogen) atoms. The number of amides is 1. The van der Waals surface area contributed by atoms with Crippen molar-refractivity contribution < 1.29 is 9.18 Å². The number of hydrogen-bond donors (Lipinski definition) is 1. The van der Waals surface area contributed by atoms with Crippen molar-refractivity contribution in [3.05, 3.63) is 80.2 Å². The number of thioether (sulfide) groups is 1. The van der Waals surface area contributed by atoms with E-state index in [9.17, 15) is 9.18 Å². The van der Waals surface area contributed by atoms with Gasteiger partial charge in [0.25, 0.3) is 5.91 Å². The van der Waals surface area contributed by atoms with E-state index >= 15 is 0 Å². The molecule has 128 valence electrons. The minimum Gasteiger partial charge on any atom is -0.321 e. The Kier molecular flexibility index (Phi) is 6.02. The molecule has 3 aromatic rings. The molecule has 1 aromatic heterocycles. The summed E-state index contributed by atoms with van der Waals surface area (Å²) < 4.78 is 13.0. The first-order valence-corrected chi connectivity index (χ1v) is 9.87. The Morgan fingerprint density at radius 3 is 2.44 bits per heavy atom. The molecule has 0 bridgehead atoms. The molecule has 0 saturated heterocycles. The van der Waals surface area contributed by atoms with Gasteiger partial charge in [-0.05, 0) is 53.4 Å². The zero-order valence-corrected chi connectivity index (χ0v) is 15.9. The highest BCUT2D eigenvalue weighted by atomic mass is 35.5. The maximum atomic E-state index is 13.0. The minimum atomic E-state index is -0.345. The molecule has 2 nitrogen and oxygen atoms in total. The van der Waals surface area contributed by atoms with Gasteiger partial charge in [-0.1, -0.05) is 29.3 Å². The number of thiophene rings is 1. The zero-order chi connectivity index (χ0) is 17.8.